The van der Waals surface area contributed by atoms with Crippen LogP contribution in [0.3, 0.4) is 0 Å². The Morgan fingerprint density at radius 2 is 2.25 bits per heavy atom. The van der Waals surface area contributed by atoms with Gasteiger partial charge < -0.3 is 9.90 Å². The van der Waals surface area contributed by atoms with Crippen molar-refractivity contribution in [3.63, 3.8) is 0 Å². The molecule has 0 aliphatic rings. The summed E-state index contributed by atoms with van der Waals surface area (Å²) in [6.45, 7) is 5.26. The lowest BCUT2D eigenvalue weighted by atomic mass is 9.89. The normalized spacial score (nSPS) is 14.8. The zero-order valence-electron chi connectivity index (χ0n) is 7.19. The Labute approximate surface area is 72.1 Å². The first-order chi connectivity index (χ1) is 5.67. The van der Waals surface area contributed by atoms with E-state index in [4.69, 9.17) is 5.11 Å². The minimum Gasteiger partial charge on any atom is -0.481 e. The molecule has 1 N–H and O–H groups in total. The van der Waals surface area contributed by atoms with Gasteiger partial charge in [-0.2, -0.15) is 0 Å². The standard InChI is InChI=1S/C9H14O3/c1-3-5-8(9(11)12)7(4-2)6-10/h3,6-8H,1,4-5H2,2H3,(H,11,12). The number of allylic oxidation sites excluding steroid dienone is 1. The number of carboxylic acids is 1. The fourth-order valence-electron chi connectivity index (χ4n) is 1.11. The van der Waals surface area contributed by atoms with Gasteiger partial charge in [0.15, 0.2) is 0 Å². The van der Waals surface area contributed by atoms with E-state index in [0.29, 0.717) is 19.1 Å². The van der Waals surface area contributed by atoms with Crippen LogP contribution < -0.4 is 0 Å². The van der Waals surface area contributed by atoms with Crippen molar-refractivity contribution in [2.24, 2.45) is 11.8 Å². The second kappa shape index (κ2) is 5.52. The monoisotopic (exact) mass is 170 g/mol. The van der Waals surface area contributed by atoms with Gasteiger partial charge in [-0.05, 0) is 12.8 Å². The van der Waals surface area contributed by atoms with Crippen molar-refractivity contribution < 1.29 is 14.7 Å². The van der Waals surface area contributed by atoms with Crippen LogP contribution in [0.5, 0.6) is 0 Å². The molecule has 0 rings (SSSR count). The summed E-state index contributed by atoms with van der Waals surface area (Å²) < 4.78 is 0. The van der Waals surface area contributed by atoms with Crippen molar-refractivity contribution in [2.75, 3.05) is 0 Å². The van der Waals surface area contributed by atoms with Crippen LogP contribution in [0.15, 0.2) is 12.7 Å². The molecule has 0 saturated carbocycles. The maximum absolute atomic E-state index is 10.6. The highest BCUT2D eigenvalue weighted by Crippen LogP contribution is 2.17. The predicted octanol–water partition coefficient (Wildman–Crippen LogP) is 1.49. The van der Waals surface area contributed by atoms with E-state index >= 15 is 0 Å². The van der Waals surface area contributed by atoms with Crippen LogP contribution in [0, 0.1) is 11.8 Å². The molecule has 0 aliphatic heterocycles. The van der Waals surface area contributed by atoms with E-state index < -0.39 is 11.9 Å². The fraction of sp³-hybridized carbons (Fsp3) is 0.556. The third kappa shape index (κ3) is 2.86. The second-order valence-corrected chi connectivity index (χ2v) is 2.68. The maximum Gasteiger partial charge on any atom is 0.307 e. The summed E-state index contributed by atoms with van der Waals surface area (Å²) in [5.41, 5.74) is 0. The van der Waals surface area contributed by atoms with Crippen LogP contribution in [0.4, 0.5) is 0 Å². The van der Waals surface area contributed by atoms with Crippen LogP contribution in [0.1, 0.15) is 19.8 Å². The van der Waals surface area contributed by atoms with Gasteiger partial charge in [0.1, 0.15) is 6.29 Å². The van der Waals surface area contributed by atoms with Crippen molar-refractivity contribution in [2.45, 2.75) is 19.8 Å². The molecule has 0 amide bonds. The van der Waals surface area contributed by atoms with E-state index in [0.717, 1.165) is 0 Å². The van der Waals surface area contributed by atoms with Crippen LogP contribution >= 0.6 is 0 Å². The van der Waals surface area contributed by atoms with Gasteiger partial charge in [-0.1, -0.05) is 13.0 Å². The van der Waals surface area contributed by atoms with Gasteiger partial charge in [0, 0.05) is 5.92 Å². The highest BCUT2D eigenvalue weighted by Gasteiger charge is 2.24. The van der Waals surface area contributed by atoms with E-state index in [-0.39, 0.29) is 5.92 Å². The van der Waals surface area contributed by atoms with Crippen LogP contribution in [-0.4, -0.2) is 17.4 Å². The molecule has 3 heteroatoms. The molecule has 0 aromatic carbocycles. The van der Waals surface area contributed by atoms with Gasteiger partial charge in [-0.3, -0.25) is 4.79 Å². The number of carboxylic acid groups (broad SMARTS) is 1. The first-order valence-corrected chi connectivity index (χ1v) is 3.96. The summed E-state index contributed by atoms with van der Waals surface area (Å²) in [4.78, 5) is 21.1. The average Bonchev–Trinajstić information content (AvgIpc) is 2.05. The second-order valence-electron chi connectivity index (χ2n) is 2.68. The number of carbonyl (C=O) groups excluding carboxylic acids is 1. The van der Waals surface area contributed by atoms with Crippen molar-refractivity contribution >= 4 is 12.3 Å². The molecule has 12 heavy (non-hydrogen) atoms. The van der Waals surface area contributed by atoms with Crippen molar-refractivity contribution in [1.82, 2.24) is 0 Å². The summed E-state index contributed by atoms with van der Waals surface area (Å²) >= 11 is 0. The lowest BCUT2D eigenvalue weighted by Gasteiger charge is -2.14. The van der Waals surface area contributed by atoms with Crippen molar-refractivity contribution in [3.8, 4) is 0 Å². The molecule has 0 saturated heterocycles. The van der Waals surface area contributed by atoms with E-state index in [1.165, 1.54) is 6.08 Å². The van der Waals surface area contributed by atoms with Crippen LogP contribution in [0.25, 0.3) is 0 Å². The SMILES string of the molecule is C=CCC(C(=O)O)C(C=O)CC. The van der Waals surface area contributed by atoms with Gasteiger partial charge in [-0.25, -0.2) is 0 Å². The lowest BCUT2D eigenvalue weighted by molar-refractivity contribution is -0.145. The topological polar surface area (TPSA) is 54.4 Å². The van der Waals surface area contributed by atoms with Gasteiger partial charge in [-0.15, -0.1) is 6.58 Å². The Bertz CT molecular complexity index is 175. The number of aliphatic carboxylic acids is 1. The maximum atomic E-state index is 10.6. The molecule has 3 nitrogen and oxygen atoms in total. The minimum absolute atomic E-state index is 0.354. The Kier molecular flexibility index (Phi) is 5.00. The van der Waals surface area contributed by atoms with Crippen LogP contribution in [0.2, 0.25) is 0 Å². The Hall–Kier alpha value is -1.12. The molecule has 0 radical (unpaired) electrons. The van der Waals surface area contributed by atoms with Gasteiger partial charge >= 0.3 is 5.97 Å². The van der Waals surface area contributed by atoms with E-state index in [1.54, 1.807) is 6.92 Å². The molecule has 0 aliphatic carbocycles. The van der Waals surface area contributed by atoms with E-state index in [2.05, 4.69) is 6.58 Å². The van der Waals surface area contributed by atoms with Gasteiger partial charge in [0.25, 0.3) is 0 Å². The van der Waals surface area contributed by atoms with Crippen molar-refractivity contribution in [3.05, 3.63) is 12.7 Å². The summed E-state index contributed by atoms with van der Waals surface area (Å²) in [7, 11) is 0. The first kappa shape index (κ1) is 10.9. The highest BCUT2D eigenvalue weighted by atomic mass is 16.4. The molecule has 68 valence electrons. The van der Waals surface area contributed by atoms with E-state index in [1.807, 2.05) is 0 Å². The molecule has 0 bridgehead atoms. The third-order valence-electron chi connectivity index (χ3n) is 1.90. The number of hydrogen-bond acceptors (Lipinski definition) is 2. The minimum atomic E-state index is -0.922. The largest absolute Gasteiger partial charge is 0.481 e. The third-order valence-corrected chi connectivity index (χ3v) is 1.90. The molecular weight excluding hydrogens is 156 g/mol. The average molecular weight is 170 g/mol. The molecular formula is C9H14O3. The number of hydrogen-bond donors (Lipinski definition) is 1. The zero-order chi connectivity index (χ0) is 9.56. The quantitative estimate of drug-likeness (QED) is 0.485. The fourth-order valence-corrected chi connectivity index (χ4v) is 1.11. The molecule has 0 aromatic rings. The summed E-state index contributed by atoms with van der Waals surface area (Å²) in [5, 5.41) is 8.73. The zero-order valence-corrected chi connectivity index (χ0v) is 7.19. The molecule has 0 fully saturated rings. The molecule has 2 atom stereocenters. The Balaban J connectivity index is 4.34. The summed E-state index contributed by atoms with van der Waals surface area (Å²) in [6, 6.07) is 0. The van der Waals surface area contributed by atoms with Crippen molar-refractivity contribution in [1.29, 1.82) is 0 Å². The summed E-state index contributed by atoms with van der Waals surface area (Å²) in [5.74, 6) is -1.92. The first-order valence-electron chi connectivity index (χ1n) is 3.96. The van der Waals surface area contributed by atoms with E-state index in [9.17, 15) is 9.59 Å². The number of aldehydes is 1. The Morgan fingerprint density at radius 3 is 2.50 bits per heavy atom. The molecule has 0 spiro atoms. The van der Waals surface area contributed by atoms with Crippen LogP contribution in [-0.2, 0) is 9.59 Å². The highest BCUT2D eigenvalue weighted by molar-refractivity contribution is 5.75. The number of rotatable bonds is 6. The summed E-state index contributed by atoms with van der Waals surface area (Å²) in [6.07, 6.45) is 3.16. The molecule has 2 unspecified atom stereocenters. The predicted molar refractivity (Wildman–Crippen MR) is 45.8 cm³/mol. The van der Waals surface area contributed by atoms with Gasteiger partial charge in [0.2, 0.25) is 0 Å². The molecule has 0 heterocycles. The smallest absolute Gasteiger partial charge is 0.307 e. The van der Waals surface area contributed by atoms with Gasteiger partial charge in [0.05, 0.1) is 5.92 Å². The Morgan fingerprint density at radius 1 is 1.67 bits per heavy atom. The number of carbonyl (C=O) groups is 2. The lowest BCUT2D eigenvalue weighted by Crippen LogP contribution is -2.23. The molecule has 0 aromatic heterocycles.